The first-order chi connectivity index (χ1) is 15.7. The molecule has 0 saturated carbocycles. The lowest BCUT2D eigenvalue weighted by Crippen LogP contribution is -2.30. The first kappa shape index (κ1) is 22.6. The van der Waals surface area contributed by atoms with Gasteiger partial charge in [0.1, 0.15) is 11.1 Å². The molecule has 1 saturated heterocycles. The van der Waals surface area contributed by atoms with Crippen LogP contribution >= 0.6 is 23.5 Å². The monoisotopic (exact) mass is 466 g/mol. The van der Waals surface area contributed by atoms with Crippen molar-refractivity contribution in [1.82, 2.24) is 10.2 Å². The van der Waals surface area contributed by atoms with Crippen molar-refractivity contribution < 1.29 is 14.0 Å². The standard InChI is InChI=1S/C25H26N2O3S2/c28-23-18-32-25(27(23)14-12-19-5-2-1-3-6-19)21-10-8-20(9-11-21)24(29)26-13-16-31-17-22-7-4-15-30-22/h1-11,15,25H,12-14,16-18H2,(H,26,29)/t25-/m0/s1. The lowest BCUT2D eigenvalue weighted by atomic mass is 10.1. The molecule has 1 fully saturated rings. The lowest BCUT2D eigenvalue weighted by Gasteiger charge is -2.24. The van der Waals surface area contributed by atoms with Crippen LogP contribution in [0, 0.1) is 0 Å². The predicted octanol–water partition coefficient (Wildman–Crippen LogP) is 4.76. The maximum Gasteiger partial charge on any atom is 0.251 e. The van der Waals surface area contributed by atoms with E-state index in [-0.39, 0.29) is 17.2 Å². The Bertz CT molecular complexity index is 1010. The minimum atomic E-state index is -0.0776. The second-order valence-corrected chi connectivity index (χ2v) is 9.67. The molecule has 3 aromatic rings. The molecule has 0 radical (unpaired) electrons. The Morgan fingerprint density at radius 2 is 1.91 bits per heavy atom. The van der Waals surface area contributed by atoms with E-state index in [0.29, 0.717) is 24.4 Å². The van der Waals surface area contributed by atoms with Gasteiger partial charge >= 0.3 is 0 Å². The van der Waals surface area contributed by atoms with Crippen LogP contribution in [0.5, 0.6) is 0 Å². The van der Waals surface area contributed by atoms with Gasteiger partial charge < -0.3 is 14.6 Å². The third kappa shape index (κ3) is 5.99. The average Bonchev–Trinajstić information content (AvgIpc) is 3.48. The molecule has 0 aliphatic carbocycles. The van der Waals surface area contributed by atoms with Gasteiger partial charge in [0.05, 0.1) is 17.8 Å². The van der Waals surface area contributed by atoms with Gasteiger partial charge in [-0.15, -0.1) is 11.8 Å². The molecule has 0 spiro atoms. The van der Waals surface area contributed by atoms with Crippen LogP contribution < -0.4 is 5.32 Å². The largest absolute Gasteiger partial charge is 0.468 e. The average molecular weight is 467 g/mol. The van der Waals surface area contributed by atoms with Crippen molar-refractivity contribution in [3.05, 3.63) is 95.4 Å². The summed E-state index contributed by atoms with van der Waals surface area (Å²) in [6.07, 6.45) is 2.51. The smallest absolute Gasteiger partial charge is 0.251 e. The lowest BCUT2D eigenvalue weighted by molar-refractivity contribution is -0.128. The van der Waals surface area contributed by atoms with Gasteiger partial charge in [-0.2, -0.15) is 11.8 Å². The van der Waals surface area contributed by atoms with Crippen molar-refractivity contribution in [1.29, 1.82) is 0 Å². The van der Waals surface area contributed by atoms with Gasteiger partial charge in [-0.25, -0.2) is 0 Å². The molecule has 7 heteroatoms. The van der Waals surface area contributed by atoms with Crippen molar-refractivity contribution in [3.8, 4) is 0 Å². The SMILES string of the molecule is O=C(NCCSCc1ccco1)c1ccc([C@@H]2SCC(=O)N2CCc2ccccc2)cc1. The Morgan fingerprint density at radius 3 is 2.66 bits per heavy atom. The van der Waals surface area contributed by atoms with Crippen molar-refractivity contribution >= 4 is 35.3 Å². The summed E-state index contributed by atoms with van der Waals surface area (Å²) in [5.41, 5.74) is 2.92. The van der Waals surface area contributed by atoms with Crippen LogP contribution in [0.2, 0.25) is 0 Å². The van der Waals surface area contributed by atoms with Crippen LogP contribution in [-0.4, -0.2) is 41.3 Å². The van der Waals surface area contributed by atoms with Crippen molar-refractivity contribution in [2.45, 2.75) is 17.5 Å². The Balaban J connectivity index is 1.27. The van der Waals surface area contributed by atoms with Gasteiger partial charge in [0.25, 0.3) is 5.91 Å². The molecule has 4 rings (SSSR count). The van der Waals surface area contributed by atoms with Crippen LogP contribution in [0.15, 0.2) is 77.4 Å². The van der Waals surface area contributed by atoms with E-state index in [2.05, 4.69) is 17.4 Å². The minimum Gasteiger partial charge on any atom is -0.468 e. The number of benzene rings is 2. The number of nitrogens with one attached hydrogen (secondary N) is 1. The number of nitrogens with zero attached hydrogens (tertiary/aromatic N) is 1. The Labute approximate surface area is 196 Å². The third-order valence-corrected chi connectivity index (χ3v) is 7.50. The Kier molecular flexibility index (Phi) is 7.96. The second-order valence-electron chi connectivity index (χ2n) is 7.50. The van der Waals surface area contributed by atoms with E-state index in [1.54, 1.807) is 29.8 Å². The van der Waals surface area contributed by atoms with Crippen LogP contribution in [0.3, 0.4) is 0 Å². The Morgan fingerprint density at radius 1 is 1.09 bits per heavy atom. The molecule has 0 unspecified atom stereocenters. The first-order valence-electron chi connectivity index (χ1n) is 10.6. The van der Waals surface area contributed by atoms with E-state index in [1.165, 1.54) is 5.56 Å². The quantitative estimate of drug-likeness (QED) is 0.437. The summed E-state index contributed by atoms with van der Waals surface area (Å²) in [5.74, 6) is 3.16. The second kappa shape index (κ2) is 11.3. The predicted molar refractivity (Wildman–Crippen MR) is 131 cm³/mol. The molecule has 5 nitrogen and oxygen atoms in total. The number of carbonyl (C=O) groups excluding carboxylic acids is 2. The summed E-state index contributed by atoms with van der Waals surface area (Å²) in [6.45, 7) is 1.30. The van der Waals surface area contributed by atoms with Gasteiger partial charge in [-0.3, -0.25) is 9.59 Å². The number of carbonyl (C=O) groups is 2. The normalized spacial score (nSPS) is 15.8. The molecule has 1 atom stereocenters. The van der Waals surface area contributed by atoms with Crippen LogP contribution in [0.25, 0.3) is 0 Å². The summed E-state index contributed by atoms with van der Waals surface area (Å²) in [7, 11) is 0. The molecular weight excluding hydrogens is 440 g/mol. The van der Waals surface area contributed by atoms with E-state index in [1.807, 2.05) is 59.5 Å². The topological polar surface area (TPSA) is 62.6 Å². The maximum atomic E-state index is 12.4. The summed E-state index contributed by atoms with van der Waals surface area (Å²) >= 11 is 3.37. The fourth-order valence-electron chi connectivity index (χ4n) is 3.57. The third-order valence-electron chi connectivity index (χ3n) is 5.27. The van der Waals surface area contributed by atoms with Gasteiger partial charge in [0.2, 0.25) is 5.91 Å². The summed E-state index contributed by atoms with van der Waals surface area (Å²) in [4.78, 5) is 26.8. The van der Waals surface area contributed by atoms with Crippen molar-refractivity contribution in [2.24, 2.45) is 0 Å². The molecule has 0 bridgehead atoms. The van der Waals surface area contributed by atoms with E-state index >= 15 is 0 Å². The van der Waals surface area contributed by atoms with Gasteiger partial charge in [0.15, 0.2) is 0 Å². The van der Waals surface area contributed by atoms with Crippen LogP contribution in [0.4, 0.5) is 0 Å². The fourth-order valence-corrected chi connectivity index (χ4v) is 5.55. The highest BCUT2D eigenvalue weighted by Gasteiger charge is 2.32. The summed E-state index contributed by atoms with van der Waals surface area (Å²) in [6, 6.07) is 21.7. The summed E-state index contributed by atoms with van der Waals surface area (Å²) < 4.78 is 5.30. The first-order valence-corrected chi connectivity index (χ1v) is 12.8. The molecule has 1 aliphatic heterocycles. The highest BCUT2D eigenvalue weighted by Crippen LogP contribution is 2.38. The molecule has 166 valence electrons. The number of amides is 2. The molecular formula is C25H26N2O3S2. The zero-order valence-corrected chi connectivity index (χ0v) is 19.4. The Hall–Kier alpha value is -2.64. The van der Waals surface area contributed by atoms with Gasteiger partial charge in [-0.05, 0) is 41.8 Å². The highest BCUT2D eigenvalue weighted by atomic mass is 32.2. The summed E-state index contributed by atoms with van der Waals surface area (Å²) in [5, 5.41) is 2.96. The molecule has 1 N–H and O–H groups in total. The number of hydrogen-bond donors (Lipinski definition) is 1. The molecule has 2 aromatic carbocycles. The van der Waals surface area contributed by atoms with E-state index in [4.69, 9.17) is 4.42 Å². The molecule has 32 heavy (non-hydrogen) atoms. The zero-order chi connectivity index (χ0) is 22.2. The van der Waals surface area contributed by atoms with E-state index in [0.717, 1.165) is 29.3 Å². The number of rotatable bonds is 10. The van der Waals surface area contributed by atoms with E-state index in [9.17, 15) is 9.59 Å². The fraction of sp³-hybridized carbons (Fsp3) is 0.280. The van der Waals surface area contributed by atoms with Crippen molar-refractivity contribution in [3.63, 3.8) is 0 Å². The number of furan rings is 1. The molecule has 2 amide bonds. The number of hydrogen-bond acceptors (Lipinski definition) is 5. The van der Waals surface area contributed by atoms with Crippen LogP contribution in [-0.2, 0) is 17.0 Å². The number of thioether (sulfide) groups is 2. The molecule has 2 heterocycles. The molecule has 1 aliphatic rings. The highest BCUT2D eigenvalue weighted by molar-refractivity contribution is 8.00. The van der Waals surface area contributed by atoms with Crippen LogP contribution in [0.1, 0.15) is 32.6 Å². The molecule has 1 aromatic heterocycles. The van der Waals surface area contributed by atoms with E-state index < -0.39 is 0 Å². The minimum absolute atomic E-state index is 0.00123. The van der Waals surface area contributed by atoms with Gasteiger partial charge in [0, 0.05) is 24.4 Å². The van der Waals surface area contributed by atoms with Gasteiger partial charge in [-0.1, -0.05) is 42.5 Å². The maximum absolute atomic E-state index is 12.4. The zero-order valence-electron chi connectivity index (χ0n) is 17.7. The van der Waals surface area contributed by atoms with Crippen molar-refractivity contribution in [2.75, 3.05) is 24.6 Å².